The van der Waals surface area contributed by atoms with Crippen LogP contribution >= 0.6 is 0 Å². The zero-order valence-corrected chi connectivity index (χ0v) is 8.85. The smallest absolute Gasteiger partial charge is 0.281 e. The van der Waals surface area contributed by atoms with E-state index in [1.54, 1.807) is 23.1 Å². The van der Waals surface area contributed by atoms with Crippen molar-refractivity contribution in [3.05, 3.63) is 30.4 Å². The molecule has 1 fully saturated rings. The summed E-state index contributed by atoms with van der Waals surface area (Å²) in [7, 11) is 0. The second-order valence-corrected chi connectivity index (χ2v) is 3.78. The van der Waals surface area contributed by atoms with Gasteiger partial charge in [-0.05, 0) is 0 Å². The largest absolute Gasteiger partial charge is 0.389 e. The molecule has 0 aliphatic carbocycles. The van der Waals surface area contributed by atoms with Gasteiger partial charge in [0.1, 0.15) is 12.7 Å². The van der Waals surface area contributed by atoms with E-state index in [4.69, 9.17) is 4.84 Å². The summed E-state index contributed by atoms with van der Waals surface area (Å²) in [5.74, 6) is -0.315. The van der Waals surface area contributed by atoms with Gasteiger partial charge >= 0.3 is 0 Å². The Balaban J connectivity index is 1.96. The highest BCUT2D eigenvalue weighted by atomic mass is 16.7. The summed E-state index contributed by atoms with van der Waals surface area (Å²) in [4.78, 5) is 21.1. The van der Waals surface area contributed by atoms with Crippen molar-refractivity contribution < 1.29 is 14.7 Å². The molecule has 0 aromatic carbocycles. The van der Waals surface area contributed by atoms with Crippen LogP contribution in [0.15, 0.2) is 24.8 Å². The van der Waals surface area contributed by atoms with Crippen molar-refractivity contribution in [2.24, 2.45) is 0 Å². The number of fused-ring (bicyclic) bond motifs is 1. The third-order valence-electron chi connectivity index (χ3n) is 2.58. The van der Waals surface area contributed by atoms with Crippen LogP contribution in [0.5, 0.6) is 0 Å². The summed E-state index contributed by atoms with van der Waals surface area (Å²) in [6.45, 7) is 0.319. The molecule has 7 heteroatoms. The molecule has 3 heterocycles. The molecule has 17 heavy (non-hydrogen) atoms. The molecule has 2 aromatic heterocycles. The second kappa shape index (κ2) is 3.79. The molecule has 1 aliphatic rings. The number of carbonyl (C=O) groups is 1. The van der Waals surface area contributed by atoms with E-state index in [-0.39, 0.29) is 19.1 Å². The Hall–Kier alpha value is -1.99. The van der Waals surface area contributed by atoms with Gasteiger partial charge < -0.3 is 5.11 Å². The molecule has 1 amide bonds. The number of aliphatic hydroxyl groups excluding tert-OH is 1. The Morgan fingerprint density at radius 1 is 1.53 bits per heavy atom. The Bertz CT molecular complexity index is 567. The number of aliphatic hydroxyl groups is 1. The van der Waals surface area contributed by atoms with Gasteiger partial charge in [0.05, 0.1) is 30.0 Å². The molecule has 7 nitrogen and oxygen atoms in total. The highest BCUT2D eigenvalue weighted by molar-refractivity contribution is 5.99. The van der Waals surface area contributed by atoms with Crippen molar-refractivity contribution in [2.75, 3.05) is 13.2 Å². The number of nitrogens with zero attached hydrogens (tertiary/aromatic N) is 4. The van der Waals surface area contributed by atoms with Crippen LogP contribution in [0, 0.1) is 0 Å². The minimum atomic E-state index is -0.626. The van der Waals surface area contributed by atoms with Crippen molar-refractivity contribution in [1.29, 1.82) is 0 Å². The quantitative estimate of drug-likeness (QED) is 0.718. The van der Waals surface area contributed by atoms with E-state index in [9.17, 15) is 9.90 Å². The fraction of sp³-hybridized carbons (Fsp3) is 0.300. The molecule has 3 rings (SSSR count). The SMILES string of the molecule is O=C(c1cnn2ccncc12)N1C[C@H](O)CO1. The van der Waals surface area contributed by atoms with Gasteiger partial charge in [0.25, 0.3) is 5.91 Å². The maximum Gasteiger partial charge on any atom is 0.281 e. The minimum Gasteiger partial charge on any atom is -0.389 e. The van der Waals surface area contributed by atoms with E-state index < -0.39 is 6.10 Å². The molecule has 0 unspecified atom stereocenters. The standard InChI is InChI=1S/C10H10N4O3/c15-7-5-14(17-6-7)10(16)8-3-12-13-2-1-11-4-9(8)13/h1-4,7,15H,5-6H2/t7-/m0/s1. The summed E-state index contributed by atoms with van der Waals surface area (Å²) >= 11 is 0. The lowest BCUT2D eigenvalue weighted by Gasteiger charge is -2.12. The van der Waals surface area contributed by atoms with Gasteiger partial charge in [-0.3, -0.25) is 14.6 Å². The molecule has 88 valence electrons. The fourth-order valence-electron chi connectivity index (χ4n) is 1.75. The Kier molecular flexibility index (Phi) is 2.27. The lowest BCUT2D eigenvalue weighted by atomic mass is 10.2. The second-order valence-electron chi connectivity index (χ2n) is 3.78. The first-order chi connectivity index (χ1) is 8.25. The number of rotatable bonds is 1. The monoisotopic (exact) mass is 234 g/mol. The normalized spacial score (nSPS) is 20.1. The highest BCUT2D eigenvalue weighted by Crippen LogP contribution is 2.15. The predicted octanol–water partition coefficient (Wildman–Crippen LogP) is -0.522. The lowest BCUT2D eigenvalue weighted by Crippen LogP contribution is -2.28. The van der Waals surface area contributed by atoms with Crippen molar-refractivity contribution in [1.82, 2.24) is 19.7 Å². The van der Waals surface area contributed by atoms with Crippen LogP contribution in [-0.2, 0) is 4.84 Å². The molecule has 1 atom stereocenters. The first kappa shape index (κ1) is 10.2. The van der Waals surface area contributed by atoms with Crippen LogP contribution in [0.3, 0.4) is 0 Å². The van der Waals surface area contributed by atoms with Gasteiger partial charge in [0.2, 0.25) is 0 Å². The summed E-state index contributed by atoms with van der Waals surface area (Å²) in [5.41, 5.74) is 1.02. The van der Waals surface area contributed by atoms with Crippen LogP contribution in [0.2, 0.25) is 0 Å². The number of aromatic nitrogens is 3. The molecule has 1 N–H and O–H groups in total. The summed E-state index contributed by atoms with van der Waals surface area (Å²) in [6, 6.07) is 0. The third kappa shape index (κ3) is 1.65. The molecule has 0 radical (unpaired) electrons. The average Bonchev–Trinajstić information content (AvgIpc) is 2.94. The van der Waals surface area contributed by atoms with Gasteiger partial charge in [0.15, 0.2) is 0 Å². The van der Waals surface area contributed by atoms with Crippen LogP contribution in [0.4, 0.5) is 0 Å². The van der Waals surface area contributed by atoms with Gasteiger partial charge in [-0.1, -0.05) is 0 Å². The van der Waals surface area contributed by atoms with E-state index >= 15 is 0 Å². The van der Waals surface area contributed by atoms with Crippen LogP contribution in [-0.4, -0.2) is 49.9 Å². The van der Waals surface area contributed by atoms with E-state index in [0.29, 0.717) is 11.1 Å². The average molecular weight is 234 g/mol. The number of hydroxylamine groups is 2. The van der Waals surface area contributed by atoms with E-state index in [2.05, 4.69) is 10.1 Å². The first-order valence-electron chi connectivity index (χ1n) is 5.16. The Labute approximate surface area is 96.2 Å². The minimum absolute atomic E-state index is 0.142. The first-order valence-corrected chi connectivity index (χ1v) is 5.16. The number of amides is 1. The van der Waals surface area contributed by atoms with Crippen molar-refractivity contribution in [2.45, 2.75) is 6.10 Å². The van der Waals surface area contributed by atoms with Gasteiger partial charge in [-0.25, -0.2) is 9.58 Å². The van der Waals surface area contributed by atoms with E-state index in [1.807, 2.05) is 0 Å². The molecule has 1 aliphatic heterocycles. The van der Waals surface area contributed by atoms with Crippen LogP contribution in [0.1, 0.15) is 10.4 Å². The number of carbonyl (C=O) groups excluding carboxylic acids is 1. The molecule has 0 bridgehead atoms. The Morgan fingerprint density at radius 2 is 2.41 bits per heavy atom. The maximum atomic E-state index is 12.1. The third-order valence-corrected chi connectivity index (χ3v) is 2.58. The topological polar surface area (TPSA) is 80.0 Å². The van der Waals surface area contributed by atoms with Gasteiger partial charge in [-0.2, -0.15) is 5.10 Å². The zero-order valence-electron chi connectivity index (χ0n) is 8.85. The van der Waals surface area contributed by atoms with Crippen LogP contribution in [0.25, 0.3) is 5.52 Å². The van der Waals surface area contributed by atoms with Crippen molar-refractivity contribution >= 4 is 11.4 Å². The van der Waals surface area contributed by atoms with Crippen LogP contribution < -0.4 is 0 Å². The number of hydrogen-bond donors (Lipinski definition) is 1. The van der Waals surface area contributed by atoms with Gasteiger partial charge in [0, 0.05) is 12.4 Å². The molecule has 0 spiro atoms. The summed E-state index contributed by atoms with van der Waals surface area (Å²) < 4.78 is 1.56. The number of hydrogen-bond acceptors (Lipinski definition) is 5. The molecule has 2 aromatic rings. The summed E-state index contributed by atoms with van der Waals surface area (Å²) in [6.07, 6.45) is 5.65. The molecule has 1 saturated heterocycles. The predicted molar refractivity (Wildman–Crippen MR) is 56.0 cm³/mol. The van der Waals surface area contributed by atoms with E-state index in [0.717, 1.165) is 5.06 Å². The summed E-state index contributed by atoms with van der Waals surface area (Å²) in [5, 5.41) is 14.5. The lowest BCUT2D eigenvalue weighted by molar-refractivity contribution is -0.0778. The zero-order chi connectivity index (χ0) is 11.8. The maximum absolute atomic E-state index is 12.1. The molecular weight excluding hydrogens is 224 g/mol. The Morgan fingerprint density at radius 3 is 3.18 bits per heavy atom. The van der Waals surface area contributed by atoms with Crippen molar-refractivity contribution in [3.63, 3.8) is 0 Å². The van der Waals surface area contributed by atoms with Gasteiger partial charge in [-0.15, -0.1) is 0 Å². The molecular formula is C10H10N4O3. The number of β-amino-alcohol motifs (C(OH)–C–C–N with tert-alkyl or cyclic N) is 1. The fourth-order valence-corrected chi connectivity index (χ4v) is 1.75. The molecule has 0 saturated carbocycles. The highest BCUT2D eigenvalue weighted by Gasteiger charge is 2.28. The van der Waals surface area contributed by atoms with E-state index in [1.165, 1.54) is 6.20 Å². The van der Waals surface area contributed by atoms with Crippen molar-refractivity contribution in [3.8, 4) is 0 Å².